The summed E-state index contributed by atoms with van der Waals surface area (Å²) in [6, 6.07) is 18.6. The topological polar surface area (TPSA) is 21.6 Å². The molecule has 0 unspecified atom stereocenters. The summed E-state index contributed by atoms with van der Waals surface area (Å²) in [6.07, 6.45) is 3.89. The number of hydrogen-bond donors (Lipinski definition) is 0. The van der Waals surface area contributed by atoms with Gasteiger partial charge in [-0.3, -0.25) is 0 Å². The van der Waals surface area contributed by atoms with E-state index in [-0.39, 0.29) is 0 Å². The number of allylic oxidation sites excluding steroid dienone is 1. The minimum atomic E-state index is 0.684. The van der Waals surface area contributed by atoms with E-state index in [0.29, 0.717) is 6.61 Å². The van der Waals surface area contributed by atoms with E-state index in [9.17, 15) is 0 Å². The van der Waals surface area contributed by atoms with Gasteiger partial charge in [0.05, 0.1) is 24.3 Å². The van der Waals surface area contributed by atoms with Crippen LogP contribution in [0.3, 0.4) is 0 Å². The van der Waals surface area contributed by atoms with Gasteiger partial charge in [-0.25, -0.2) is 4.99 Å². The highest BCUT2D eigenvalue weighted by atomic mass is 16.5. The lowest BCUT2D eigenvalue weighted by Crippen LogP contribution is -2.15. The largest absolute Gasteiger partial charge is 0.501 e. The van der Waals surface area contributed by atoms with Crippen molar-refractivity contribution >= 4 is 11.4 Å². The lowest BCUT2D eigenvalue weighted by molar-refractivity contribution is 0.266. The van der Waals surface area contributed by atoms with E-state index in [1.807, 2.05) is 43.5 Å². The van der Waals surface area contributed by atoms with Gasteiger partial charge in [0.25, 0.3) is 0 Å². The van der Waals surface area contributed by atoms with Crippen molar-refractivity contribution < 1.29 is 4.74 Å². The van der Waals surface area contributed by atoms with Gasteiger partial charge in [0.15, 0.2) is 0 Å². The lowest BCUT2D eigenvalue weighted by Gasteiger charge is -2.20. The van der Waals surface area contributed by atoms with Crippen LogP contribution in [0.5, 0.6) is 0 Å². The maximum absolute atomic E-state index is 5.51. The normalized spacial score (nSPS) is 17.8. The van der Waals surface area contributed by atoms with Crippen LogP contribution >= 0.6 is 0 Å². The van der Waals surface area contributed by atoms with Crippen molar-refractivity contribution in [3.63, 3.8) is 0 Å². The first-order valence-corrected chi connectivity index (χ1v) is 7.41. The van der Waals surface area contributed by atoms with Crippen molar-refractivity contribution in [3.05, 3.63) is 77.6 Å². The third kappa shape index (κ3) is 3.05. The van der Waals surface area contributed by atoms with Gasteiger partial charge in [-0.1, -0.05) is 42.5 Å². The van der Waals surface area contributed by atoms with Crippen LogP contribution in [-0.4, -0.2) is 12.3 Å². The van der Waals surface area contributed by atoms with Gasteiger partial charge in [0.2, 0.25) is 0 Å². The third-order valence-corrected chi connectivity index (χ3v) is 3.63. The van der Waals surface area contributed by atoms with Gasteiger partial charge >= 0.3 is 0 Å². The highest BCUT2D eigenvalue weighted by molar-refractivity contribution is 6.15. The molecule has 0 saturated heterocycles. The number of aryl methyl sites for hydroxylation is 1. The Labute approximate surface area is 125 Å². The van der Waals surface area contributed by atoms with Crippen molar-refractivity contribution in [1.29, 1.82) is 0 Å². The number of fused-ring (bicyclic) bond motifs is 1. The maximum atomic E-state index is 5.51. The van der Waals surface area contributed by atoms with Gasteiger partial charge in [0, 0.05) is 11.1 Å². The first kappa shape index (κ1) is 13.6. The minimum absolute atomic E-state index is 0.684. The number of para-hydroxylation sites is 1. The standard InChI is InChI=1S/C19H19NO/c1-2-21-14-16-13-12-15-8-6-7-11-18(15)19(16)20-17-9-4-3-5-10-17/h3-11,14H,2,12-13H2,1H3/b16-14+,20-19?. The van der Waals surface area contributed by atoms with Crippen LogP contribution in [0, 0.1) is 0 Å². The summed E-state index contributed by atoms with van der Waals surface area (Å²) >= 11 is 0. The Kier molecular flexibility index (Phi) is 4.15. The van der Waals surface area contributed by atoms with E-state index in [1.165, 1.54) is 16.7 Å². The molecule has 0 saturated carbocycles. The molecule has 0 spiro atoms. The summed E-state index contributed by atoms with van der Waals surface area (Å²) in [6.45, 7) is 2.69. The van der Waals surface area contributed by atoms with Crippen LogP contribution in [0.4, 0.5) is 5.69 Å². The molecule has 3 rings (SSSR count). The minimum Gasteiger partial charge on any atom is -0.501 e. The zero-order valence-corrected chi connectivity index (χ0v) is 12.3. The van der Waals surface area contributed by atoms with Gasteiger partial charge < -0.3 is 4.74 Å². The zero-order valence-electron chi connectivity index (χ0n) is 12.3. The fourth-order valence-corrected chi connectivity index (χ4v) is 2.59. The molecule has 0 bridgehead atoms. The molecule has 2 aromatic rings. The zero-order chi connectivity index (χ0) is 14.5. The molecule has 0 aromatic heterocycles. The molecule has 2 nitrogen and oxygen atoms in total. The maximum Gasteiger partial charge on any atom is 0.0882 e. The van der Waals surface area contributed by atoms with Crippen LogP contribution in [0.25, 0.3) is 0 Å². The predicted molar refractivity (Wildman–Crippen MR) is 87.1 cm³/mol. The van der Waals surface area contributed by atoms with E-state index in [1.54, 1.807) is 0 Å². The van der Waals surface area contributed by atoms with E-state index in [0.717, 1.165) is 24.2 Å². The van der Waals surface area contributed by atoms with Crippen LogP contribution in [0.15, 0.2) is 71.4 Å². The van der Waals surface area contributed by atoms with E-state index in [4.69, 9.17) is 9.73 Å². The number of benzene rings is 2. The molecule has 2 heteroatoms. The van der Waals surface area contributed by atoms with Crippen molar-refractivity contribution in [1.82, 2.24) is 0 Å². The molecule has 0 atom stereocenters. The molecular formula is C19H19NO. The van der Waals surface area contributed by atoms with E-state index < -0.39 is 0 Å². The van der Waals surface area contributed by atoms with Crippen molar-refractivity contribution in [2.75, 3.05) is 6.61 Å². The highest BCUT2D eigenvalue weighted by Crippen LogP contribution is 2.28. The second-order valence-corrected chi connectivity index (χ2v) is 5.05. The predicted octanol–water partition coefficient (Wildman–Crippen LogP) is 4.67. The molecule has 1 aliphatic rings. The molecule has 0 heterocycles. The Balaban J connectivity index is 2.08. The molecule has 0 aliphatic heterocycles. The van der Waals surface area contributed by atoms with Crippen molar-refractivity contribution in [2.24, 2.45) is 4.99 Å². The molecule has 0 amide bonds. The first-order valence-electron chi connectivity index (χ1n) is 7.41. The molecule has 106 valence electrons. The Morgan fingerprint density at radius 3 is 2.57 bits per heavy atom. The summed E-state index contributed by atoms with van der Waals surface area (Å²) in [7, 11) is 0. The van der Waals surface area contributed by atoms with Crippen LogP contribution < -0.4 is 0 Å². The number of rotatable bonds is 3. The van der Waals surface area contributed by atoms with Gasteiger partial charge in [0.1, 0.15) is 0 Å². The van der Waals surface area contributed by atoms with E-state index >= 15 is 0 Å². The first-order chi connectivity index (χ1) is 10.4. The van der Waals surface area contributed by atoms with Crippen LogP contribution in [-0.2, 0) is 11.2 Å². The Morgan fingerprint density at radius 2 is 1.76 bits per heavy atom. The molecule has 0 N–H and O–H groups in total. The fraction of sp³-hybridized carbons (Fsp3) is 0.211. The number of aliphatic imine (C=N–C) groups is 1. The molecule has 2 aromatic carbocycles. The van der Waals surface area contributed by atoms with Crippen molar-refractivity contribution in [3.8, 4) is 0 Å². The van der Waals surface area contributed by atoms with Crippen LogP contribution in [0.2, 0.25) is 0 Å². The average molecular weight is 277 g/mol. The van der Waals surface area contributed by atoms with Crippen LogP contribution in [0.1, 0.15) is 24.5 Å². The summed E-state index contributed by atoms with van der Waals surface area (Å²) in [5, 5.41) is 0. The van der Waals surface area contributed by atoms with Gasteiger partial charge in [-0.15, -0.1) is 0 Å². The Bertz CT molecular complexity index is 671. The van der Waals surface area contributed by atoms with Crippen molar-refractivity contribution in [2.45, 2.75) is 19.8 Å². The monoisotopic (exact) mass is 277 g/mol. The number of nitrogens with zero attached hydrogens (tertiary/aromatic N) is 1. The summed E-state index contributed by atoms with van der Waals surface area (Å²) < 4.78 is 5.51. The van der Waals surface area contributed by atoms with E-state index in [2.05, 4.69) is 24.3 Å². The molecule has 1 aliphatic carbocycles. The number of hydrogen-bond acceptors (Lipinski definition) is 2. The third-order valence-electron chi connectivity index (χ3n) is 3.63. The van der Waals surface area contributed by atoms with Gasteiger partial charge in [-0.05, 0) is 37.5 Å². The SMILES string of the molecule is CCO/C=C1\CCc2ccccc2C1=Nc1ccccc1. The number of ether oxygens (including phenoxy) is 1. The summed E-state index contributed by atoms with van der Waals surface area (Å²) in [5.74, 6) is 0. The molecule has 0 radical (unpaired) electrons. The average Bonchev–Trinajstić information content (AvgIpc) is 2.55. The Morgan fingerprint density at radius 1 is 1.00 bits per heavy atom. The van der Waals surface area contributed by atoms with Gasteiger partial charge in [-0.2, -0.15) is 0 Å². The second kappa shape index (κ2) is 6.40. The molecule has 21 heavy (non-hydrogen) atoms. The quantitative estimate of drug-likeness (QED) is 0.747. The molecular weight excluding hydrogens is 258 g/mol. The summed E-state index contributed by atoms with van der Waals surface area (Å²) in [4.78, 5) is 4.86. The molecule has 0 fully saturated rings. The fourth-order valence-electron chi connectivity index (χ4n) is 2.59. The second-order valence-electron chi connectivity index (χ2n) is 5.05. The lowest BCUT2D eigenvalue weighted by atomic mass is 9.86. The highest BCUT2D eigenvalue weighted by Gasteiger charge is 2.20. The Hall–Kier alpha value is -2.35. The smallest absolute Gasteiger partial charge is 0.0882 e. The summed E-state index contributed by atoms with van der Waals surface area (Å²) in [5.41, 5.74) is 5.78.